The molecule has 0 saturated carbocycles. The zero-order valence-electron chi connectivity index (χ0n) is 23.5. The van der Waals surface area contributed by atoms with Gasteiger partial charge in [-0.2, -0.15) is 0 Å². The molecule has 1 heterocycles. The maximum absolute atomic E-state index is 9.44. The molecule has 0 saturated heterocycles. The number of allylic oxidation sites excluding steroid dienone is 1. The van der Waals surface area contributed by atoms with Gasteiger partial charge < -0.3 is 15.0 Å². The van der Waals surface area contributed by atoms with Gasteiger partial charge in [0.2, 0.25) is 0 Å². The second-order valence-corrected chi connectivity index (χ2v) is 7.22. The topological polar surface area (TPSA) is 69.1 Å². The number of carbonyl (C=O) groups excluding carboxylic acids is 1. The van der Waals surface area contributed by atoms with Crippen molar-refractivity contribution in [2.45, 2.75) is 82.1 Å². The van der Waals surface area contributed by atoms with E-state index in [9.17, 15) is 4.79 Å². The Balaban J connectivity index is -0.000000892. The van der Waals surface area contributed by atoms with Crippen molar-refractivity contribution >= 4 is 43.7 Å². The first-order valence-electron chi connectivity index (χ1n) is 12.5. The second-order valence-electron chi connectivity index (χ2n) is 7.22. The van der Waals surface area contributed by atoms with Crippen LogP contribution < -0.4 is 5.32 Å². The summed E-state index contributed by atoms with van der Waals surface area (Å²) in [6.07, 6.45) is 6.40. The molecule has 0 atom stereocenters. The summed E-state index contributed by atoms with van der Waals surface area (Å²) in [6.45, 7) is 21.8. The summed E-state index contributed by atoms with van der Waals surface area (Å²) in [4.78, 5) is 16.3. The van der Waals surface area contributed by atoms with E-state index in [1.165, 1.54) is 13.8 Å². The number of hydrogen-bond donors (Lipinski definition) is 2. The number of amidine groups is 1. The molecule has 1 aromatic heterocycles. The Morgan fingerprint density at radius 2 is 1.63 bits per heavy atom. The third-order valence-electron chi connectivity index (χ3n) is 4.29. The maximum atomic E-state index is 9.44. The number of ketones is 1. The number of carbonyl (C=O) groups is 1. The number of aromatic nitrogens is 1. The molecule has 35 heavy (non-hydrogen) atoms. The molecular weight excluding hydrogens is 639 g/mol. The number of para-hydroxylation sites is 1. The minimum absolute atomic E-state index is 0.167. The molecule has 0 amide bonds. The van der Waals surface area contributed by atoms with Crippen molar-refractivity contribution in [3.8, 4) is 0 Å². The summed E-state index contributed by atoms with van der Waals surface area (Å²) < 4.78 is 0. The van der Waals surface area contributed by atoms with E-state index in [1.54, 1.807) is 18.8 Å². The molecule has 0 unspecified atom stereocenters. The molecule has 2 N–H and O–H groups in total. The Kier molecular flexibility index (Phi) is 27.4. The van der Waals surface area contributed by atoms with E-state index < -0.39 is 0 Å². The summed E-state index contributed by atoms with van der Waals surface area (Å²) in [5.41, 5.74) is 4.37. The van der Waals surface area contributed by atoms with Gasteiger partial charge in [-0.1, -0.05) is 71.9 Å². The Morgan fingerprint density at radius 3 is 2.11 bits per heavy atom. The van der Waals surface area contributed by atoms with Crippen molar-refractivity contribution in [1.82, 2.24) is 9.88 Å². The predicted octanol–water partition coefficient (Wildman–Crippen LogP) is 8.42. The molecule has 2 aromatic rings. The van der Waals surface area contributed by atoms with Gasteiger partial charge in [0.15, 0.2) is 0 Å². The zero-order chi connectivity index (χ0) is 27.8. The van der Waals surface area contributed by atoms with Gasteiger partial charge in [0.25, 0.3) is 0 Å². The van der Waals surface area contributed by atoms with Crippen LogP contribution in [0.5, 0.6) is 0 Å². The van der Waals surface area contributed by atoms with Crippen molar-refractivity contribution < 1.29 is 23.6 Å². The van der Waals surface area contributed by atoms with E-state index in [0.717, 1.165) is 60.3 Å². The van der Waals surface area contributed by atoms with Gasteiger partial charge in [0, 0.05) is 36.3 Å². The predicted molar refractivity (Wildman–Crippen MR) is 154 cm³/mol. The monoisotopic (exact) mass is 686 g/mol. The van der Waals surface area contributed by atoms with Crippen LogP contribution in [0.25, 0.3) is 17.0 Å². The van der Waals surface area contributed by atoms with Gasteiger partial charge in [-0.3, -0.25) is 10.4 Å². The summed E-state index contributed by atoms with van der Waals surface area (Å²) >= 11 is 1.61. The molecule has 0 fully saturated rings. The summed E-state index contributed by atoms with van der Waals surface area (Å²) in [5, 5.41) is 12.7. The fourth-order valence-corrected chi connectivity index (χ4v) is 3.01. The standard InChI is InChI=1S/C21H30N4.C3H6O.2C2H6.ClH.Pt/c1-5-7-10-18-16(3)24-20-12-9-8-11-19(20)21(18)23-13-15-25(14-6-2)17(4)22;1-3(2)4;2*1-2;;/h7-12,22H,5-6,13-15H2,1-4H3,(H,23,24);1-2H3;2*1-2H3;1H;/q;;;;;+1/p-1/b10-7-,22-17?;;;;;. The van der Waals surface area contributed by atoms with Crippen LogP contribution in [0.3, 0.4) is 0 Å². The van der Waals surface area contributed by atoms with Crippen LogP contribution in [0, 0.1) is 12.3 Å². The van der Waals surface area contributed by atoms with Crippen LogP contribution in [0.2, 0.25) is 0 Å². The molecule has 5 nitrogen and oxygen atoms in total. The molecule has 0 aliphatic rings. The molecular formula is C28H48ClN4OPt. The number of hydrogen-bond acceptors (Lipinski definition) is 4. The molecule has 0 radical (unpaired) electrons. The number of Topliss-reactive ketones (excluding diaryl/α,β-unsaturated/α-hetero) is 1. The van der Waals surface area contributed by atoms with Gasteiger partial charge in [0.05, 0.1) is 17.0 Å². The van der Waals surface area contributed by atoms with Crippen molar-refractivity contribution in [2.75, 3.05) is 25.0 Å². The number of fused-ring (bicyclic) bond motifs is 1. The van der Waals surface area contributed by atoms with E-state index >= 15 is 0 Å². The quantitative estimate of drug-likeness (QED) is 0.216. The first-order valence-corrected chi connectivity index (χ1v) is 15.3. The molecule has 7 heteroatoms. The second kappa shape index (κ2) is 25.4. The molecule has 0 bridgehead atoms. The van der Waals surface area contributed by atoms with Gasteiger partial charge in [0.1, 0.15) is 5.78 Å². The van der Waals surface area contributed by atoms with Crippen LogP contribution in [0.1, 0.15) is 86.4 Å². The van der Waals surface area contributed by atoms with Crippen LogP contribution in [-0.2, 0) is 23.6 Å². The SMILES string of the molecule is CC.CC.CC(C)=O.CC/C=C\c1c(C)nc2ccccc2c1NCCN(CCC)C(C)=N.[Cl][Pt]. The average molecular weight is 687 g/mol. The minimum atomic E-state index is 0.167. The summed E-state index contributed by atoms with van der Waals surface area (Å²) in [6, 6.07) is 8.27. The fraction of sp³-hybridized carbons (Fsp3) is 0.536. The Hall–Kier alpha value is -1.71. The van der Waals surface area contributed by atoms with Crippen LogP contribution in [-0.4, -0.2) is 41.1 Å². The molecule has 2 rings (SSSR count). The Bertz CT molecular complexity index is 852. The zero-order valence-corrected chi connectivity index (χ0v) is 26.5. The van der Waals surface area contributed by atoms with Crippen LogP contribution in [0.15, 0.2) is 30.3 Å². The fourth-order valence-electron chi connectivity index (χ4n) is 3.01. The van der Waals surface area contributed by atoms with E-state index in [-0.39, 0.29) is 5.78 Å². The third-order valence-corrected chi connectivity index (χ3v) is 4.29. The number of nitrogens with one attached hydrogen (secondary N) is 2. The third kappa shape index (κ3) is 16.6. The molecule has 0 aliphatic heterocycles. The number of benzene rings is 1. The first kappa shape index (κ1) is 37.8. The molecule has 0 spiro atoms. The summed E-state index contributed by atoms with van der Waals surface area (Å²) in [7, 11) is 4.61. The Morgan fingerprint density at radius 1 is 1.09 bits per heavy atom. The number of nitrogens with zero attached hydrogens (tertiary/aromatic N) is 2. The first-order chi connectivity index (χ1) is 16.8. The Labute approximate surface area is 230 Å². The number of pyridine rings is 1. The van der Waals surface area contributed by atoms with Crippen molar-refractivity contribution in [1.29, 1.82) is 5.41 Å². The number of rotatable bonds is 8. The molecule has 1 aromatic carbocycles. The van der Waals surface area contributed by atoms with Gasteiger partial charge in [-0.15, -0.1) is 0 Å². The van der Waals surface area contributed by atoms with Gasteiger partial charge in [-0.25, -0.2) is 0 Å². The average Bonchev–Trinajstić information content (AvgIpc) is 2.86. The van der Waals surface area contributed by atoms with Crippen LogP contribution >= 0.6 is 9.42 Å². The van der Waals surface area contributed by atoms with Gasteiger partial charge in [-0.05, 0) is 46.6 Å². The van der Waals surface area contributed by atoms with E-state index in [0.29, 0.717) is 5.84 Å². The van der Waals surface area contributed by atoms with E-state index in [4.69, 9.17) is 10.4 Å². The molecule has 0 aliphatic carbocycles. The van der Waals surface area contributed by atoms with Crippen LogP contribution in [0.4, 0.5) is 5.69 Å². The van der Waals surface area contributed by atoms with Crippen molar-refractivity contribution in [2.24, 2.45) is 0 Å². The number of aryl methyl sites for hydroxylation is 1. The number of anilines is 1. The number of halogens is 1. The normalized spacial score (nSPS) is 9.29. The van der Waals surface area contributed by atoms with Crippen molar-refractivity contribution in [3.63, 3.8) is 0 Å². The van der Waals surface area contributed by atoms with E-state index in [2.05, 4.69) is 70.8 Å². The van der Waals surface area contributed by atoms with Gasteiger partial charge >= 0.3 is 28.2 Å². The summed E-state index contributed by atoms with van der Waals surface area (Å²) in [5.74, 6) is 0.797. The van der Waals surface area contributed by atoms with Crippen molar-refractivity contribution in [3.05, 3.63) is 41.6 Å². The molecule has 203 valence electrons. The van der Waals surface area contributed by atoms with E-state index in [1.807, 2.05) is 40.7 Å².